The zero-order valence-corrected chi connectivity index (χ0v) is 14.2. The lowest BCUT2D eigenvalue weighted by Crippen LogP contribution is -2.11. The Hall–Kier alpha value is -2.44. The molecule has 0 fully saturated rings. The maximum Gasteiger partial charge on any atom is 0.267 e. The second-order valence-electron chi connectivity index (χ2n) is 5.01. The Morgan fingerprint density at radius 3 is 2.62 bits per heavy atom. The van der Waals surface area contributed by atoms with E-state index in [1.807, 2.05) is 30.3 Å². The Kier molecular flexibility index (Phi) is 4.78. The third-order valence-electron chi connectivity index (χ3n) is 3.21. The van der Waals surface area contributed by atoms with E-state index in [0.29, 0.717) is 21.4 Å². The summed E-state index contributed by atoms with van der Waals surface area (Å²) in [5.74, 6) is -0.707. The number of nitrogens with one attached hydrogen (secondary N) is 2. The van der Waals surface area contributed by atoms with E-state index in [2.05, 4.69) is 15.6 Å². The Bertz CT molecular complexity index is 883. The number of halogens is 2. The molecule has 0 atom stereocenters. The summed E-state index contributed by atoms with van der Waals surface area (Å²) in [5.41, 5.74) is 1.93. The molecule has 2 N–H and O–H groups in total. The Labute approximate surface area is 147 Å². The first-order valence-corrected chi connectivity index (χ1v) is 8.28. The van der Waals surface area contributed by atoms with E-state index in [1.54, 1.807) is 13.0 Å². The van der Waals surface area contributed by atoms with Crippen LogP contribution in [0.3, 0.4) is 0 Å². The van der Waals surface area contributed by atoms with E-state index in [0.717, 1.165) is 5.69 Å². The zero-order chi connectivity index (χ0) is 17.1. The van der Waals surface area contributed by atoms with Crippen molar-refractivity contribution in [2.75, 3.05) is 10.6 Å². The molecule has 122 valence electrons. The largest absolute Gasteiger partial charge is 0.331 e. The molecule has 0 radical (unpaired) electrons. The summed E-state index contributed by atoms with van der Waals surface area (Å²) >= 11 is 6.98. The van der Waals surface area contributed by atoms with Crippen molar-refractivity contribution in [1.29, 1.82) is 0 Å². The summed E-state index contributed by atoms with van der Waals surface area (Å²) in [6, 6.07) is 13.5. The van der Waals surface area contributed by atoms with Crippen LogP contribution in [0.4, 0.5) is 20.9 Å². The highest BCUT2D eigenvalue weighted by molar-refractivity contribution is 7.17. The number of aryl methyl sites for hydroxylation is 1. The summed E-state index contributed by atoms with van der Waals surface area (Å²) in [4.78, 5) is 17.2. The maximum atomic E-state index is 13.2. The SMILES string of the molecule is Cc1nc(Nc2ccc(F)c(Cl)c2)sc1C(=O)Nc1ccccc1. The number of benzene rings is 2. The second kappa shape index (κ2) is 6.98. The van der Waals surface area contributed by atoms with E-state index >= 15 is 0 Å². The number of carbonyl (C=O) groups is 1. The minimum absolute atomic E-state index is 0.0234. The van der Waals surface area contributed by atoms with Gasteiger partial charge in [0.2, 0.25) is 0 Å². The van der Waals surface area contributed by atoms with Gasteiger partial charge in [0, 0.05) is 11.4 Å². The highest BCUT2D eigenvalue weighted by Gasteiger charge is 2.16. The molecule has 1 heterocycles. The molecule has 0 aliphatic heterocycles. The summed E-state index contributed by atoms with van der Waals surface area (Å²) in [7, 11) is 0. The molecule has 7 heteroatoms. The van der Waals surface area contributed by atoms with Gasteiger partial charge in [0.25, 0.3) is 5.91 Å². The number of anilines is 3. The van der Waals surface area contributed by atoms with E-state index < -0.39 is 5.82 Å². The number of carbonyl (C=O) groups excluding carboxylic acids is 1. The van der Waals surface area contributed by atoms with Crippen molar-refractivity contribution in [3.63, 3.8) is 0 Å². The molecule has 4 nitrogen and oxygen atoms in total. The van der Waals surface area contributed by atoms with Crippen LogP contribution in [-0.2, 0) is 0 Å². The molecule has 0 aliphatic rings. The number of para-hydroxylation sites is 1. The summed E-state index contributed by atoms with van der Waals surface area (Å²) in [5, 5.41) is 6.41. The first-order chi connectivity index (χ1) is 11.5. The molecule has 0 bridgehead atoms. The van der Waals surface area contributed by atoms with Crippen molar-refractivity contribution in [3.05, 3.63) is 69.9 Å². The minimum atomic E-state index is -0.486. The fraction of sp³-hybridized carbons (Fsp3) is 0.0588. The number of rotatable bonds is 4. The van der Waals surface area contributed by atoms with Crippen LogP contribution in [0.25, 0.3) is 0 Å². The van der Waals surface area contributed by atoms with Gasteiger partial charge in [0.05, 0.1) is 10.7 Å². The van der Waals surface area contributed by atoms with Crippen LogP contribution < -0.4 is 10.6 Å². The molecule has 0 unspecified atom stereocenters. The molecule has 0 spiro atoms. The van der Waals surface area contributed by atoms with E-state index in [4.69, 9.17) is 11.6 Å². The van der Waals surface area contributed by atoms with Crippen LogP contribution in [0.2, 0.25) is 5.02 Å². The van der Waals surface area contributed by atoms with Crippen LogP contribution in [0.15, 0.2) is 48.5 Å². The topological polar surface area (TPSA) is 54.0 Å². The monoisotopic (exact) mass is 361 g/mol. The van der Waals surface area contributed by atoms with Gasteiger partial charge in [-0.1, -0.05) is 41.1 Å². The molecule has 3 rings (SSSR count). The highest BCUT2D eigenvalue weighted by Crippen LogP contribution is 2.28. The summed E-state index contributed by atoms with van der Waals surface area (Å²) in [6.45, 7) is 1.76. The highest BCUT2D eigenvalue weighted by atomic mass is 35.5. The van der Waals surface area contributed by atoms with Crippen LogP contribution in [0.5, 0.6) is 0 Å². The zero-order valence-electron chi connectivity index (χ0n) is 12.6. The van der Waals surface area contributed by atoms with Crippen LogP contribution in [0.1, 0.15) is 15.4 Å². The number of amides is 1. The summed E-state index contributed by atoms with van der Waals surface area (Å²) < 4.78 is 13.2. The smallest absolute Gasteiger partial charge is 0.267 e. The van der Waals surface area contributed by atoms with Gasteiger partial charge in [-0.2, -0.15) is 0 Å². The van der Waals surface area contributed by atoms with Gasteiger partial charge < -0.3 is 10.6 Å². The first kappa shape index (κ1) is 16.4. The van der Waals surface area contributed by atoms with Crippen molar-refractivity contribution in [1.82, 2.24) is 4.98 Å². The molecule has 24 heavy (non-hydrogen) atoms. The minimum Gasteiger partial charge on any atom is -0.331 e. The predicted octanol–water partition coefficient (Wildman–Crippen LogP) is 5.24. The quantitative estimate of drug-likeness (QED) is 0.668. The fourth-order valence-electron chi connectivity index (χ4n) is 2.07. The van der Waals surface area contributed by atoms with Crippen molar-refractivity contribution in [3.8, 4) is 0 Å². The van der Waals surface area contributed by atoms with Crippen molar-refractivity contribution < 1.29 is 9.18 Å². The van der Waals surface area contributed by atoms with Crippen LogP contribution in [-0.4, -0.2) is 10.9 Å². The number of thiazole rings is 1. The molecule has 0 saturated carbocycles. The second-order valence-corrected chi connectivity index (χ2v) is 6.41. The molecule has 1 aromatic heterocycles. The third kappa shape index (κ3) is 3.72. The number of aromatic nitrogens is 1. The lowest BCUT2D eigenvalue weighted by atomic mass is 10.3. The van der Waals surface area contributed by atoms with Gasteiger partial charge in [0.15, 0.2) is 5.13 Å². The Morgan fingerprint density at radius 1 is 1.17 bits per heavy atom. The van der Waals surface area contributed by atoms with Gasteiger partial charge >= 0.3 is 0 Å². The molecule has 1 amide bonds. The van der Waals surface area contributed by atoms with Crippen molar-refractivity contribution in [2.45, 2.75) is 6.92 Å². The van der Waals surface area contributed by atoms with Crippen molar-refractivity contribution >= 4 is 45.4 Å². The molecular weight excluding hydrogens is 349 g/mol. The number of hydrogen-bond donors (Lipinski definition) is 2. The molecule has 2 aromatic carbocycles. The van der Waals surface area contributed by atoms with Crippen molar-refractivity contribution in [2.24, 2.45) is 0 Å². The van der Waals surface area contributed by atoms with E-state index in [-0.39, 0.29) is 10.9 Å². The van der Waals surface area contributed by atoms with Crippen LogP contribution in [0, 0.1) is 12.7 Å². The molecule has 0 saturated heterocycles. The van der Waals surface area contributed by atoms with E-state index in [9.17, 15) is 9.18 Å². The van der Waals surface area contributed by atoms with Gasteiger partial charge in [-0.3, -0.25) is 4.79 Å². The first-order valence-electron chi connectivity index (χ1n) is 7.09. The standard InChI is InChI=1S/C17H13ClFN3OS/c1-10-15(16(23)21-11-5-3-2-4-6-11)24-17(20-10)22-12-7-8-14(19)13(18)9-12/h2-9H,1H3,(H,20,22)(H,21,23). The Balaban J connectivity index is 1.77. The van der Waals surface area contributed by atoms with Gasteiger partial charge in [-0.05, 0) is 37.3 Å². The summed E-state index contributed by atoms with van der Waals surface area (Å²) in [6.07, 6.45) is 0. The van der Waals surface area contributed by atoms with E-state index in [1.165, 1.54) is 23.5 Å². The van der Waals surface area contributed by atoms with Crippen LogP contribution >= 0.6 is 22.9 Å². The molecule has 3 aromatic rings. The predicted molar refractivity (Wildman–Crippen MR) is 95.9 cm³/mol. The Morgan fingerprint density at radius 2 is 1.92 bits per heavy atom. The molecular formula is C17H13ClFN3OS. The lowest BCUT2D eigenvalue weighted by Gasteiger charge is -2.03. The average molecular weight is 362 g/mol. The fourth-order valence-corrected chi connectivity index (χ4v) is 3.13. The number of nitrogens with zero attached hydrogens (tertiary/aromatic N) is 1. The lowest BCUT2D eigenvalue weighted by molar-refractivity contribution is 0.103. The average Bonchev–Trinajstić information content (AvgIpc) is 2.92. The number of hydrogen-bond acceptors (Lipinski definition) is 4. The third-order valence-corrected chi connectivity index (χ3v) is 4.57. The maximum absolute atomic E-state index is 13.2. The normalized spacial score (nSPS) is 10.5. The van der Waals surface area contributed by atoms with Gasteiger partial charge in [0.1, 0.15) is 10.7 Å². The van der Waals surface area contributed by atoms with Gasteiger partial charge in [-0.25, -0.2) is 9.37 Å². The van der Waals surface area contributed by atoms with Gasteiger partial charge in [-0.15, -0.1) is 0 Å². The molecule has 0 aliphatic carbocycles.